The molecule has 1 aromatic heterocycles. The predicted molar refractivity (Wildman–Crippen MR) is 92.5 cm³/mol. The van der Waals surface area contributed by atoms with Gasteiger partial charge in [-0.05, 0) is 23.8 Å². The van der Waals surface area contributed by atoms with E-state index < -0.39 is 0 Å². The van der Waals surface area contributed by atoms with Crippen LogP contribution >= 0.6 is 11.8 Å². The van der Waals surface area contributed by atoms with Crippen LogP contribution in [0.25, 0.3) is 16.7 Å². The minimum absolute atomic E-state index is 0.155. The molecule has 3 aromatic rings. The molecule has 3 N–H and O–H groups in total. The van der Waals surface area contributed by atoms with Gasteiger partial charge in [0.1, 0.15) is 5.70 Å². The zero-order valence-corrected chi connectivity index (χ0v) is 12.5. The van der Waals surface area contributed by atoms with Gasteiger partial charge in [-0.1, -0.05) is 54.2 Å². The smallest absolute Gasteiger partial charge is 0.160 e. The second-order valence-corrected chi connectivity index (χ2v) is 6.22. The summed E-state index contributed by atoms with van der Waals surface area (Å²) in [5.41, 5.74) is 9.95. The zero-order chi connectivity index (χ0) is 14.9. The van der Waals surface area contributed by atoms with Crippen LogP contribution in [-0.2, 0) is 0 Å². The normalized spacial score (nSPS) is 18.1. The van der Waals surface area contributed by atoms with Crippen LogP contribution in [0.3, 0.4) is 0 Å². The van der Waals surface area contributed by atoms with Crippen LogP contribution in [0.4, 0.5) is 0 Å². The molecule has 0 aliphatic carbocycles. The molecule has 0 bridgehead atoms. The molecule has 2 aromatic carbocycles. The molecule has 1 atom stereocenters. The first-order valence-electron chi connectivity index (χ1n) is 7.02. The van der Waals surface area contributed by atoms with Gasteiger partial charge in [0.05, 0.1) is 16.3 Å². The summed E-state index contributed by atoms with van der Waals surface area (Å²) >= 11 is 1.55. The Bertz CT molecular complexity index is 847. The minimum Gasteiger partial charge on any atom is -0.378 e. The Morgan fingerprint density at radius 3 is 2.59 bits per heavy atom. The third kappa shape index (κ3) is 2.40. The number of benzene rings is 2. The van der Waals surface area contributed by atoms with Crippen molar-refractivity contribution < 1.29 is 0 Å². The van der Waals surface area contributed by atoms with E-state index in [4.69, 9.17) is 5.73 Å². The van der Waals surface area contributed by atoms with Crippen LogP contribution in [0.5, 0.6) is 0 Å². The van der Waals surface area contributed by atoms with E-state index in [1.54, 1.807) is 11.8 Å². The number of nitrogens with zero attached hydrogens (tertiary/aromatic N) is 2. The maximum atomic E-state index is 6.01. The van der Waals surface area contributed by atoms with Crippen LogP contribution in [0, 0.1) is 0 Å². The highest BCUT2D eigenvalue weighted by Gasteiger charge is 2.20. The van der Waals surface area contributed by atoms with Gasteiger partial charge in [-0.25, -0.2) is 9.98 Å². The highest BCUT2D eigenvalue weighted by atomic mass is 32.2. The summed E-state index contributed by atoms with van der Waals surface area (Å²) in [6.45, 7) is 0. The van der Waals surface area contributed by atoms with Gasteiger partial charge in [0.2, 0.25) is 0 Å². The Hall–Kier alpha value is -2.53. The summed E-state index contributed by atoms with van der Waals surface area (Å²) in [5, 5.41) is 0.716. The molecule has 4 rings (SSSR count). The number of aliphatic imine (C=N–C) groups is 1. The van der Waals surface area contributed by atoms with Crippen LogP contribution in [0.1, 0.15) is 16.6 Å². The summed E-state index contributed by atoms with van der Waals surface area (Å²) in [6, 6.07) is 18.2. The topological polar surface area (TPSA) is 67.1 Å². The molecule has 0 fully saturated rings. The molecule has 0 radical (unpaired) electrons. The lowest BCUT2D eigenvalue weighted by Crippen LogP contribution is -2.13. The number of imidazole rings is 1. The first-order valence-corrected chi connectivity index (χ1v) is 7.90. The number of aromatic amines is 1. The molecule has 4 nitrogen and oxygen atoms in total. The highest BCUT2D eigenvalue weighted by Crippen LogP contribution is 2.37. The summed E-state index contributed by atoms with van der Waals surface area (Å²) < 4.78 is 0. The summed E-state index contributed by atoms with van der Waals surface area (Å²) in [7, 11) is 0. The number of H-pyrrole nitrogens is 1. The third-order valence-corrected chi connectivity index (χ3v) is 4.54. The van der Waals surface area contributed by atoms with E-state index in [-0.39, 0.29) is 5.25 Å². The maximum absolute atomic E-state index is 6.01. The van der Waals surface area contributed by atoms with Crippen LogP contribution < -0.4 is 5.73 Å². The summed E-state index contributed by atoms with van der Waals surface area (Å²) in [6.07, 6.45) is 2.11. The summed E-state index contributed by atoms with van der Waals surface area (Å²) in [5.74, 6) is 0.755. The monoisotopic (exact) mass is 306 g/mol. The Morgan fingerprint density at radius 2 is 1.77 bits per heavy atom. The molecule has 2 heterocycles. The SMILES string of the molecule is NC1=NC(c2nc3ccccc3[nH]2)=CC(c2ccccc2)S1. The average Bonchev–Trinajstić information content (AvgIpc) is 2.99. The van der Waals surface area contributed by atoms with Crippen molar-refractivity contribution in [3.8, 4) is 0 Å². The summed E-state index contributed by atoms with van der Waals surface area (Å²) in [4.78, 5) is 12.4. The van der Waals surface area contributed by atoms with Crippen LogP contribution in [-0.4, -0.2) is 15.1 Å². The fourth-order valence-electron chi connectivity index (χ4n) is 2.50. The Labute approximate surface area is 132 Å². The number of hydrogen-bond acceptors (Lipinski definition) is 4. The van der Waals surface area contributed by atoms with Gasteiger partial charge >= 0.3 is 0 Å². The highest BCUT2D eigenvalue weighted by molar-refractivity contribution is 8.14. The molecule has 108 valence electrons. The molecule has 0 amide bonds. The van der Waals surface area contributed by atoms with Gasteiger partial charge < -0.3 is 10.7 Å². The van der Waals surface area contributed by atoms with E-state index >= 15 is 0 Å². The number of nitrogens with one attached hydrogen (secondary N) is 1. The average molecular weight is 306 g/mol. The quantitative estimate of drug-likeness (QED) is 0.758. The molecule has 1 aliphatic heterocycles. The van der Waals surface area contributed by atoms with E-state index in [0.29, 0.717) is 5.17 Å². The Morgan fingerprint density at radius 1 is 1.00 bits per heavy atom. The predicted octanol–water partition coefficient (Wildman–Crippen LogP) is 3.71. The fourth-order valence-corrected chi connectivity index (χ4v) is 3.40. The van der Waals surface area contributed by atoms with Crippen molar-refractivity contribution in [3.05, 3.63) is 72.1 Å². The second-order valence-electron chi connectivity index (χ2n) is 5.05. The fraction of sp³-hybridized carbons (Fsp3) is 0.0588. The Kier molecular flexibility index (Phi) is 3.20. The molecule has 0 saturated carbocycles. The number of aromatic nitrogens is 2. The number of amidine groups is 1. The lowest BCUT2D eigenvalue weighted by atomic mass is 10.1. The molecule has 0 saturated heterocycles. The number of rotatable bonds is 2. The van der Waals surface area contributed by atoms with E-state index in [9.17, 15) is 0 Å². The molecule has 1 unspecified atom stereocenters. The standard InChI is InChI=1S/C17H14N4S/c18-17-21-14(10-15(22-17)11-6-2-1-3-7-11)16-19-12-8-4-5-9-13(12)20-16/h1-10,15H,(H2,18,21)(H,19,20). The van der Waals surface area contributed by atoms with Crippen molar-refractivity contribution in [2.45, 2.75) is 5.25 Å². The second kappa shape index (κ2) is 5.35. The van der Waals surface area contributed by atoms with E-state index in [1.807, 2.05) is 42.5 Å². The number of thioether (sulfide) groups is 1. The lowest BCUT2D eigenvalue weighted by Gasteiger charge is -2.17. The molecular formula is C17H14N4S. The van der Waals surface area contributed by atoms with E-state index in [1.165, 1.54) is 5.56 Å². The number of fused-ring (bicyclic) bond motifs is 1. The Balaban J connectivity index is 1.77. The lowest BCUT2D eigenvalue weighted by molar-refractivity contribution is 1.18. The van der Waals surface area contributed by atoms with Gasteiger partial charge in [0.15, 0.2) is 11.0 Å². The van der Waals surface area contributed by atoms with Crippen LogP contribution in [0.15, 0.2) is 65.7 Å². The van der Waals surface area contributed by atoms with Gasteiger partial charge in [-0.3, -0.25) is 0 Å². The van der Waals surface area contributed by atoms with Crippen molar-refractivity contribution in [2.75, 3.05) is 0 Å². The minimum atomic E-state index is 0.155. The molecule has 5 heteroatoms. The third-order valence-electron chi connectivity index (χ3n) is 3.55. The largest absolute Gasteiger partial charge is 0.378 e. The van der Waals surface area contributed by atoms with Gasteiger partial charge in [-0.15, -0.1) is 0 Å². The van der Waals surface area contributed by atoms with E-state index in [0.717, 1.165) is 22.6 Å². The van der Waals surface area contributed by atoms with Crippen molar-refractivity contribution in [1.82, 2.24) is 9.97 Å². The molecule has 22 heavy (non-hydrogen) atoms. The number of hydrogen-bond donors (Lipinski definition) is 2. The van der Waals surface area contributed by atoms with Gasteiger partial charge in [0, 0.05) is 0 Å². The molecule has 0 spiro atoms. The first kappa shape index (κ1) is 13.2. The van der Waals surface area contributed by atoms with Crippen molar-refractivity contribution in [2.24, 2.45) is 10.7 Å². The van der Waals surface area contributed by atoms with Crippen molar-refractivity contribution in [3.63, 3.8) is 0 Å². The van der Waals surface area contributed by atoms with Gasteiger partial charge in [-0.2, -0.15) is 0 Å². The zero-order valence-electron chi connectivity index (χ0n) is 11.7. The number of para-hydroxylation sites is 2. The van der Waals surface area contributed by atoms with Crippen molar-refractivity contribution in [1.29, 1.82) is 0 Å². The molecule has 1 aliphatic rings. The van der Waals surface area contributed by atoms with Crippen molar-refractivity contribution >= 4 is 33.7 Å². The van der Waals surface area contributed by atoms with E-state index in [2.05, 4.69) is 33.2 Å². The maximum Gasteiger partial charge on any atom is 0.160 e. The first-order chi connectivity index (χ1) is 10.8. The van der Waals surface area contributed by atoms with Gasteiger partial charge in [0.25, 0.3) is 0 Å². The molecular weight excluding hydrogens is 292 g/mol. The van der Waals surface area contributed by atoms with Crippen LogP contribution in [0.2, 0.25) is 0 Å². The number of nitrogens with two attached hydrogens (primary N) is 1.